The Balaban J connectivity index is 2.68. The standard InChI is InChI=1S/C13H15FN2O2S/c1-4-13(2,3)19(18)11-5-8-10(6-9(11)14)15-7-16-12(8)17/h5-7H,4H2,1-3H3,(H,15,16,17). The lowest BCUT2D eigenvalue weighted by Gasteiger charge is -2.22. The quantitative estimate of drug-likeness (QED) is 0.940. The monoisotopic (exact) mass is 282 g/mol. The van der Waals surface area contributed by atoms with Gasteiger partial charge < -0.3 is 4.98 Å². The van der Waals surface area contributed by atoms with E-state index in [2.05, 4.69) is 9.97 Å². The fraction of sp³-hybridized carbons (Fsp3) is 0.385. The van der Waals surface area contributed by atoms with Gasteiger partial charge in [-0.25, -0.2) is 9.37 Å². The maximum absolute atomic E-state index is 14.0. The Labute approximate surface area is 112 Å². The molecule has 0 saturated carbocycles. The minimum Gasteiger partial charge on any atom is -0.313 e. The minimum absolute atomic E-state index is 0.0536. The number of rotatable bonds is 3. The molecule has 0 radical (unpaired) electrons. The topological polar surface area (TPSA) is 62.8 Å². The molecule has 1 aromatic heterocycles. The zero-order valence-electron chi connectivity index (χ0n) is 11.0. The van der Waals surface area contributed by atoms with Gasteiger partial charge in [-0.2, -0.15) is 0 Å². The highest BCUT2D eigenvalue weighted by molar-refractivity contribution is 7.86. The van der Waals surface area contributed by atoms with Crippen LogP contribution in [0.1, 0.15) is 27.2 Å². The summed E-state index contributed by atoms with van der Waals surface area (Å²) < 4.78 is 25.9. The van der Waals surface area contributed by atoms with E-state index in [1.54, 1.807) is 13.8 Å². The van der Waals surface area contributed by atoms with Crippen molar-refractivity contribution in [2.24, 2.45) is 0 Å². The van der Waals surface area contributed by atoms with E-state index in [9.17, 15) is 13.4 Å². The van der Waals surface area contributed by atoms with Crippen molar-refractivity contribution in [2.45, 2.75) is 36.8 Å². The molecule has 2 rings (SSSR count). The molecule has 19 heavy (non-hydrogen) atoms. The summed E-state index contributed by atoms with van der Waals surface area (Å²) >= 11 is 0. The second-order valence-electron chi connectivity index (χ2n) is 4.91. The predicted octanol–water partition coefficient (Wildman–Crippen LogP) is 2.36. The zero-order chi connectivity index (χ0) is 14.2. The molecule has 0 bridgehead atoms. The molecule has 1 aromatic carbocycles. The van der Waals surface area contributed by atoms with Crippen molar-refractivity contribution in [1.29, 1.82) is 0 Å². The molecule has 6 heteroatoms. The van der Waals surface area contributed by atoms with Crippen LogP contribution in [0.15, 0.2) is 28.2 Å². The second-order valence-corrected chi connectivity index (χ2v) is 7.00. The summed E-state index contributed by atoms with van der Waals surface area (Å²) in [5.41, 5.74) is -0.103. The second kappa shape index (κ2) is 4.85. The van der Waals surface area contributed by atoms with Gasteiger partial charge in [-0.3, -0.25) is 9.00 Å². The summed E-state index contributed by atoms with van der Waals surface area (Å²) in [7, 11) is -1.53. The summed E-state index contributed by atoms with van der Waals surface area (Å²) in [6, 6.07) is 2.49. The molecule has 1 N–H and O–H groups in total. The normalized spacial score (nSPS) is 13.7. The van der Waals surface area contributed by atoms with E-state index in [0.717, 1.165) is 6.07 Å². The average Bonchev–Trinajstić information content (AvgIpc) is 2.37. The highest BCUT2D eigenvalue weighted by Crippen LogP contribution is 2.27. The van der Waals surface area contributed by atoms with E-state index in [1.165, 1.54) is 12.4 Å². The van der Waals surface area contributed by atoms with E-state index in [4.69, 9.17) is 0 Å². The number of halogens is 1. The number of aromatic nitrogens is 2. The van der Waals surface area contributed by atoms with Crippen LogP contribution in [0.5, 0.6) is 0 Å². The Morgan fingerprint density at radius 3 is 2.74 bits per heavy atom. The zero-order valence-corrected chi connectivity index (χ0v) is 11.8. The van der Waals surface area contributed by atoms with Crippen LogP contribution in [0.25, 0.3) is 10.9 Å². The molecule has 1 unspecified atom stereocenters. The van der Waals surface area contributed by atoms with Crippen molar-refractivity contribution in [3.8, 4) is 0 Å². The van der Waals surface area contributed by atoms with E-state index in [1.807, 2.05) is 6.92 Å². The molecule has 1 heterocycles. The lowest BCUT2D eigenvalue weighted by molar-refractivity contribution is 0.579. The number of H-pyrrole nitrogens is 1. The van der Waals surface area contributed by atoms with Gasteiger partial charge in [0.2, 0.25) is 0 Å². The van der Waals surface area contributed by atoms with Gasteiger partial charge in [0, 0.05) is 10.8 Å². The Morgan fingerprint density at radius 2 is 2.11 bits per heavy atom. The van der Waals surface area contributed by atoms with Crippen molar-refractivity contribution < 1.29 is 8.60 Å². The molecular formula is C13H15FN2O2S. The molecule has 1 atom stereocenters. The van der Waals surface area contributed by atoms with Crippen molar-refractivity contribution in [3.05, 3.63) is 34.6 Å². The van der Waals surface area contributed by atoms with Gasteiger partial charge in [0.15, 0.2) is 0 Å². The van der Waals surface area contributed by atoms with Crippen LogP contribution in [0.4, 0.5) is 4.39 Å². The van der Waals surface area contributed by atoms with E-state index >= 15 is 0 Å². The van der Waals surface area contributed by atoms with Crippen molar-refractivity contribution in [3.63, 3.8) is 0 Å². The summed E-state index contributed by atoms with van der Waals surface area (Å²) in [6.07, 6.45) is 1.86. The van der Waals surface area contributed by atoms with Gasteiger partial charge in [0.1, 0.15) is 5.82 Å². The van der Waals surface area contributed by atoms with E-state index in [-0.39, 0.29) is 21.4 Å². The summed E-state index contributed by atoms with van der Waals surface area (Å²) in [5, 5.41) is 0.249. The van der Waals surface area contributed by atoms with Crippen molar-refractivity contribution >= 4 is 21.7 Å². The number of nitrogens with zero attached hydrogens (tertiary/aromatic N) is 1. The lowest BCUT2D eigenvalue weighted by Crippen LogP contribution is -2.26. The van der Waals surface area contributed by atoms with Crippen LogP contribution in [0.2, 0.25) is 0 Å². The number of aromatic amines is 1. The first-order chi connectivity index (χ1) is 8.86. The van der Waals surface area contributed by atoms with Gasteiger partial charge in [0.25, 0.3) is 5.56 Å². The molecule has 0 fully saturated rings. The van der Waals surface area contributed by atoms with Crippen LogP contribution in [-0.4, -0.2) is 18.9 Å². The molecule has 0 aliphatic rings. The number of hydrogen-bond donors (Lipinski definition) is 1. The minimum atomic E-state index is -1.53. The average molecular weight is 282 g/mol. The van der Waals surface area contributed by atoms with Gasteiger partial charge in [-0.15, -0.1) is 0 Å². The molecule has 0 aliphatic carbocycles. The van der Waals surface area contributed by atoms with Gasteiger partial charge >= 0.3 is 0 Å². The predicted molar refractivity (Wildman–Crippen MR) is 73.1 cm³/mol. The molecule has 0 amide bonds. The van der Waals surface area contributed by atoms with Crippen molar-refractivity contribution in [1.82, 2.24) is 9.97 Å². The number of nitrogens with one attached hydrogen (secondary N) is 1. The third-order valence-corrected chi connectivity index (χ3v) is 5.25. The Morgan fingerprint density at radius 1 is 1.42 bits per heavy atom. The number of hydrogen-bond acceptors (Lipinski definition) is 3. The van der Waals surface area contributed by atoms with E-state index < -0.39 is 21.4 Å². The number of fused-ring (bicyclic) bond motifs is 1. The molecule has 102 valence electrons. The highest BCUT2D eigenvalue weighted by Gasteiger charge is 2.27. The smallest absolute Gasteiger partial charge is 0.258 e. The van der Waals surface area contributed by atoms with E-state index in [0.29, 0.717) is 6.42 Å². The third-order valence-electron chi connectivity index (χ3n) is 3.25. The van der Waals surface area contributed by atoms with Gasteiger partial charge in [-0.1, -0.05) is 6.92 Å². The molecule has 0 saturated heterocycles. The van der Waals surface area contributed by atoms with Crippen LogP contribution < -0.4 is 5.56 Å². The molecular weight excluding hydrogens is 267 g/mol. The largest absolute Gasteiger partial charge is 0.313 e. The van der Waals surface area contributed by atoms with Crippen molar-refractivity contribution in [2.75, 3.05) is 0 Å². The molecule has 2 aromatic rings. The van der Waals surface area contributed by atoms with Crippen LogP contribution in [-0.2, 0) is 10.8 Å². The van der Waals surface area contributed by atoms with Crippen LogP contribution in [0.3, 0.4) is 0 Å². The summed E-state index contributed by atoms with van der Waals surface area (Å²) in [5.74, 6) is -0.592. The van der Waals surface area contributed by atoms with Gasteiger partial charge in [-0.05, 0) is 26.3 Å². The van der Waals surface area contributed by atoms with Gasteiger partial charge in [0.05, 0.1) is 32.9 Å². The fourth-order valence-corrected chi connectivity index (χ4v) is 2.96. The molecule has 4 nitrogen and oxygen atoms in total. The van der Waals surface area contributed by atoms with Crippen LogP contribution in [0, 0.1) is 5.82 Å². The number of benzene rings is 1. The SMILES string of the molecule is CCC(C)(C)S(=O)c1cc2c(=O)[nH]cnc2cc1F. The maximum Gasteiger partial charge on any atom is 0.258 e. The summed E-state index contributed by atoms with van der Waals surface area (Å²) in [6.45, 7) is 5.51. The molecule has 0 aliphatic heterocycles. The van der Waals surface area contributed by atoms with Crippen LogP contribution >= 0.6 is 0 Å². The maximum atomic E-state index is 14.0. The first-order valence-corrected chi connectivity index (χ1v) is 7.10. The third kappa shape index (κ3) is 2.45. The Hall–Kier alpha value is -1.56. The molecule has 0 spiro atoms. The fourth-order valence-electron chi connectivity index (χ4n) is 1.64. The first kappa shape index (κ1) is 13.9. The lowest BCUT2D eigenvalue weighted by atomic mass is 10.1. The first-order valence-electron chi connectivity index (χ1n) is 5.95. The summed E-state index contributed by atoms with van der Waals surface area (Å²) in [4.78, 5) is 18.0. The Kier molecular flexibility index (Phi) is 3.54. The highest BCUT2D eigenvalue weighted by atomic mass is 32.2. The Bertz CT molecular complexity index is 709.